The standard InChI is InChI=1S/C21H16Cl2F3N3O3/c1-12-18(19(23)29(28-12)10-13-5-3-2-4-6-13)20(31)32-11-17(30)27-16-8-7-14(22)9-15(16)21(24,25)26/h2-9H,10-11H2,1H3,(H,27,30). The predicted molar refractivity (Wildman–Crippen MR) is 113 cm³/mol. The summed E-state index contributed by atoms with van der Waals surface area (Å²) in [6.07, 6.45) is -4.73. The van der Waals surface area contributed by atoms with E-state index in [1.807, 2.05) is 30.3 Å². The molecular formula is C21H16Cl2F3N3O3. The van der Waals surface area contributed by atoms with Crippen LogP contribution in [0, 0.1) is 6.92 Å². The van der Waals surface area contributed by atoms with Crippen molar-refractivity contribution in [2.45, 2.75) is 19.6 Å². The van der Waals surface area contributed by atoms with Crippen LogP contribution in [0.4, 0.5) is 18.9 Å². The van der Waals surface area contributed by atoms with Crippen LogP contribution in [0.15, 0.2) is 48.5 Å². The summed E-state index contributed by atoms with van der Waals surface area (Å²) in [5, 5.41) is 6.17. The minimum absolute atomic E-state index is 0.0221. The highest BCUT2D eigenvalue weighted by atomic mass is 35.5. The Morgan fingerprint density at radius 3 is 2.47 bits per heavy atom. The molecule has 168 valence electrons. The molecule has 3 rings (SSSR count). The Kier molecular flexibility index (Phi) is 7.10. The Hall–Kier alpha value is -3.04. The zero-order valence-electron chi connectivity index (χ0n) is 16.5. The molecule has 0 fully saturated rings. The summed E-state index contributed by atoms with van der Waals surface area (Å²) in [5.41, 5.74) is -0.468. The first-order valence-electron chi connectivity index (χ1n) is 9.17. The topological polar surface area (TPSA) is 73.2 Å². The summed E-state index contributed by atoms with van der Waals surface area (Å²) >= 11 is 11.9. The van der Waals surface area contributed by atoms with Gasteiger partial charge in [-0.15, -0.1) is 0 Å². The lowest BCUT2D eigenvalue weighted by molar-refractivity contribution is -0.137. The van der Waals surface area contributed by atoms with Crippen LogP contribution < -0.4 is 5.32 Å². The van der Waals surface area contributed by atoms with Crippen molar-refractivity contribution in [2.24, 2.45) is 0 Å². The van der Waals surface area contributed by atoms with Gasteiger partial charge in [0, 0.05) is 5.02 Å². The largest absolute Gasteiger partial charge is 0.452 e. The molecule has 3 aromatic rings. The number of aryl methyl sites for hydroxylation is 1. The molecule has 0 aliphatic carbocycles. The second-order valence-corrected chi connectivity index (χ2v) is 7.50. The number of aromatic nitrogens is 2. The van der Waals surface area contributed by atoms with E-state index in [0.717, 1.165) is 11.6 Å². The zero-order valence-corrected chi connectivity index (χ0v) is 18.1. The number of anilines is 1. The fourth-order valence-corrected chi connectivity index (χ4v) is 3.38. The lowest BCUT2D eigenvalue weighted by atomic mass is 10.1. The number of nitrogens with zero attached hydrogens (tertiary/aromatic N) is 2. The normalized spacial score (nSPS) is 11.3. The summed E-state index contributed by atoms with van der Waals surface area (Å²) in [6, 6.07) is 12.2. The van der Waals surface area contributed by atoms with Crippen molar-refractivity contribution in [2.75, 3.05) is 11.9 Å². The van der Waals surface area contributed by atoms with Crippen LogP contribution in [0.1, 0.15) is 27.2 Å². The Morgan fingerprint density at radius 2 is 1.81 bits per heavy atom. The lowest BCUT2D eigenvalue weighted by Crippen LogP contribution is -2.23. The number of benzene rings is 2. The molecule has 0 bridgehead atoms. The molecule has 0 aliphatic rings. The zero-order chi connectivity index (χ0) is 23.5. The van der Waals surface area contributed by atoms with E-state index in [1.165, 1.54) is 10.7 Å². The molecule has 0 radical (unpaired) electrons. The van der Waals surface area contributed by atoms with Crippen LogP contribution >= 0.6 is 23.2 Å². The van der Waals surface area contributed by atoms with Crippen LogP contribution in [0.5, 0.6) is 0 Å². The average Bonchev–Trinajstić information content (AvgIpc) is 3.00. The highest BCUT2D eigenvalue weighted by molar-refractivity contribution is 6.32. The first-order chi connectivity index (χ1) is 15.1. The first kappa shape index (κ1) is 23.6. The molecule has 0 atom stereocenters. The molecule has 0 spiro atoms. The Labute approximate surface area is 190 Å². The van der Waals surface area contributed by atoms with Crippen LogP contribution in [-0.2, 0) is 22.3 Å². The first-order valence-corrected chi connectivity index (χ1v) is 9.92. The lowest BCUT2D eigenvalue weighted by Gasteiger charge is -2.14. The third kappa shape index (κ3) is 5.60. The van der Waals surface area contributed by atoms with Crippen LogP contribution in [0.25, 0.3) is 0 Å². The number of ether oxygens (including phenoxy) is 1. The van der Waals surface area contributed by atoms with Crippen molar-refractivity contribution < 1.29 is 27.5 Å². The predicted octanol–water partition coefficient (Wildman–Crippen LogP) is 5.36. The van der Waals surface area contributed by atoms with Gasteiger partial charge in [0.05, 0.1) is 23.5 Å². The van der Waals surface area contributed by atoms with Gasteiger partial charge in [0.1, 0.15) is 10.7 Å². The molecule has 1 amide bonds. The number of hydrogen-bond acceptors (Lipinski definition) is 4. The number of carbonyl (C=O) groups excluding carboxylic acids is 2. The minimum Gasteiger partial charge on any atom is -0.452 e. The Balaban J connectivity index is 1.67. The summed E-state index contributed by atoms with van der Waals surface area (Å²) in [4.78, 5) is 24.5. The maximum atomic E-state index is 13.1. The smallest absolute Gasteiger partial charge is 0.418 e. The molecule has 1 aromatic heterocycles. The van der Waals surface area contributed by atoms with Gasteiger partial charge < -0.3 is 10.1 Å². The van der Waals surface area contributed by atoms with E-state index in [0.29, 0.717) is 12.6 Å². The Morgan fingerprint density at radius 1 is 1.12 bits per heavy atom. The number of amides is 1. The van der Waals surface area contributed by atoms with Gasteiger partial charge in [0.25, 0.3) is 5.91 Å². The van der Waals surface area contributed by atoms with E-state index in [2.05, 4.69) is 10.4 Å². The maximum Gasteiger partial charge on any atom is 0.418 e. The third-order valence-electron chi connectivity index (χ3n) is 4.34. The molecular weight excluding hydrogens is 470 g/mol. The quantitative estimate of drug-likeness (QED) is 0.477. The molecule has 0 saturated carbocycles. The van der Waals surface area contributed by atoms with E-state index >= 15 is 0 Å². The van der Waals surface area contributed by atoms with Gasteiger partial charge in [0.2, 0.25) is 0 Å². The van der Waals surface area contributed by atoms with Crippen LogP contribution in [-0.4, -0.2) is 28.3 Å². The van der Waals surface area contributed by atoms with Gasteiger partial charge in [-0.25, -0.2) is 9.48 Å². The number of esters is 1. The van der Waals surface area contributed by atoms with Gasteiger partial charge in [-0.05, 0) is 30.7 Å². The van der Waals surface area contributed by atoms with Crippen molar-refractivity contribution in [3.05, 3.63) is 81.1 Å². The van der Waals surface area contributed by atoms with Gasteiger partial charge in [-0.1, -0.05) is 53.5 Å². The highest BCUT2D eigenvalue weighted by Crippen LogP contribution is 2.36. The van der Waals surface area contributed by atoms with E-state index in [4.69, 9.17) is 27.9 Å². The van der Waals surface area contributed by atoms with Gasteiger partial charge >= 0.3 is 12.1 Å². The van der Waals surface area contributed by atoms with Gasteiger partial charge in [-0.3, -0.25) is 4.79 Å². The SMILES string of the molecule is Cc1nn(Cc2ccccc2)c(Cl)c1C(=O)OCC(=O)Nc1ccc(Cl)cc1C(F)(F)F. The molecule has 0 saturated heterocycles. The van der Waals surface area contributed by atoms with Gasteiger partial charge in [-0.2, -0.15) is 18.3 Å². The number of rotatable bonds is 6. The summed E-state index contributed by atoms with van der Waals surface area (Å²) in [5.74, 6) is -1.88. The third-order valence-corrected chi connectivity index (χ3v) is 4.96. The van der Waals surface area contributed by atoms with Crippen molar-refractivity contribution in [3.8, 4) is 0 Å². The van der Waals surface area contributed by atoms with E-state index in [1.54, 1.807) is 6.92 Å². The summed E-state index contributed by atoms with van der Waals surface area (Å²) in [6.45, 7) is 1.04. The number of hydrogen-bond donors (Lipinski definition) is 1. The fourth-order valence-electron chi connectivity index (χ4n) is 2.90. The molecule has 1 N–H and O–H groups in total. The van der Waals surface area contributed by atoms with E-state index in [-0.39, 0.29) is 21.4 Å². The molecule has 0 aliphatic heterocycles. The average molecular weight is 486 g/mol. The molecule has 11 heteroatoms. The van der Waals surface area contributed by atoms with E-state index < -0.39 is 35.9 Å². The fraction of sp³-hybridized carbons (Fsp3) is 0.190. The molecule has 2 aromatic carbocycles. The Bertz CT molecular complexity index is 1150. The highest BCUT2D eigenvalue weighted by Gasteiger charge is 2.34. The molecule has 0 unspecified atom stereocenters. The van der Waals surface area contributed by atoms with Crippen LogP contribution in [0.2, 0.25) is 10.2 Å². The van der Waals surface area contributed by atoms with Crippen LogP contribution in [0.3, 0.4) is 0 Å². The van der Waals surface area contributed by atoms with Gasteiger partial charge in [0.15, 0.2) is 6.61 Å². The summed E-state index contributed by atoms with van der Waals surface area (Å²) in [7, 11) is 0. The monoisotopic (exact) mass is 485 g/mol. The minimum atomic E-state index is -4.73. The maximum absolute atomic E-state index is 13.1. The van der Waals surface area contributed by atoms with Crippen molar-refractivity contribution in [1.29, 1.82) is 0 Å². The van der Waals surface area contributed by atoms with E-state index in [9.17, 15) is 22.8 Å². The number of carbonyl (C=O) groups is 2. The molecule has 32 heavy (non-hydrogen) atoms. The van der Waals surface area contributed by atoms with Crippen molar-refractivity contribution >= 4 is 40.8 Å². The second-order valence-electron chi connectivity index (χ2n) is 6.71. The molecule has 6 nitrogen and oxygen atoms in total. The number of halogens is 5. The molecule has 1 heterocycles. The van der Waals surface area contributed by atoms with Crippen molar-refractivity contribution in [1.82, 2.24) is 9.78 Å². The number of alkyl halides is 3. The summed E-state index contributed by atoms with van der Waals surface area (Å²) < 4.78 is 45.8. The number of nitrogens with one attached hydrogen (secondary N) is 1. The van der Waals surface area contributed by atoms with Crippen molar-refractivity contribution in [3.63, 3.8) is 0 Å². The second kappa shape index (κ2) is 9.62.